The summed E-state index contributed by atoms with van der Waals surface area (Å²) in [6, 6.07) is 0. The minimum absolute atomic E-state index is 0.706. The zero-order valence-electron chi connectivity index (χ0n) is 11.9. The molecule has 1 heterocycles. The van der Waals surface area contributed by atoms with Crippen molar-refractivity contribution in [2.75, 3.05) is 43.6 Å². The average Bonchev–Trinajstić information content (AvgIpc) is 2.40. The fourth-order valence-corrected chi connectivity index (χ4v) is 1.94. The Bertz CT molecular complexity index is 357. The molecule has 5 nitrogen and oxygen atoms in total. The summed E-state index contributed by atoms with van der Waals surface area (Å²) in [5.41, 5.74) is 1.18. The van der Waals surface area contributed by atoms with Crippen molar-refractivity contribution in [3.05, 3.63) is 11.9 Å². The second-order valence-electron chi connectivity index (χ2n) is 3.98. The van der Waals surface area contributed by atoms with E-state index in [-0.39, 0.29) is 0 Å². The summed E-state index contributed by atoms with van der Waals surface area (Å²) in [5, 5.41) is 3.29. The molecule has 1 aromatic heterocycles. The fraction of sp³-hybridized carbons (Fsp3) is 0.692. The van der Waals surface area contributed by atoms with E-state index in [1.54, 1.807) is 13.4 Å². The highest BCUT2D eigenvalue weighted by Gasteiger charge is 2.14. The molecule has 0 atom stereocenters. The Hall–Kier alpha value is -1.36. The summed E-state index contributed by atoms with van der Waals surface area (Å²) < 4.78 is 5.15. The number of rotatable bonds is 8. The number of nitrogens with one attached hydrogen (secondary N) is 1. The van der Waals surface area contributed by atoms with Gasteiger partial charge in [-0.2, -0.15) is 0 Å². The summed E-state index contributed by atoms with van der Waals surface area (Å²) in [6.45, 7) is 9.67. The molecule has 0 bridgehead atoms. The third-order valence-corrected chi connectivity index (χ3v) is 2.87. The van der Waals surface area contributed by atoms with Crippen molar-refractivity contribution in [3.63, 3.8) is 0 Å². The molecular weight excluding hydrogens is 228 g/mol. The summed E-state index contributed by atoms with van der Waals surface area (Å²) in [7, 11) is 1.72. The van der Waals surface area contributed by atoms with Crippen molar-refractivity contribution in [2.24, 2.45) is 0 Å². The van der Waals surface area contributed by atoms with Crippen molar-refractivity contribution < 1.29 is 4.74 Å². The number of anilines is 2. The fourth-order valence-electron chi connectivity index (χ4n) is 1.94. The van der Waals surface area contributed by atoms with Crippen LogP contribution in [0.5, 0.6) is 0 Å². The van der Waals surface area contributed by atoms with Gasteiger partial charge in [-0.1, -0.05) is 6.92 Å². The zero-order valence-corrected chi connectivity index (χ0v) is 11.9. The summed E-state index contributed by atoms with van der Waals surface area (Å²) in [4.78, 5) is 11.0. The van der Waals surface area contributed by atoms with E-state index in [1.807, 2.05) is 0 Å². The third kappa shape index (κ3) is 3.57. The van der Waals surface area contributed by atoms with Crippen molar-refractivity contribution in [1.29, 1.82) is 0 Å². The number of nitrogens with zero attached hydrogens (tertiary/aromatic N) is 3. The third-order valence-electron chi connectivity index (χ3n) is 2.87. The molecule has 0 saturated carbocycles. The molecule has 0 radical (unpaired) electrons. The average molecular weight is 252 g/mol. The van der Waals surface area contributed by atoms with E-state index in [0.29, 0.717) is 6.61 Å². The summed E-state index contributed by atoms with van der Waals surface area (Å²) in [6.07, 6.45) is 2.55. The quantitative estimate of drug-likeness (QED) is 0.766. The van der Waals surface area contributed by atoms with Crippen LogP contribution in [0.4, 0.5) is 11.6 Å². The molecule has 102 valence electrons. The molecule has 5 heteroatoms. The van der Waals surface area contributed by atoms with Crippen LogP contribution in [0.15, 0.2) is 6.33 Å². The molecule has 0 unspecified atom stereocenters. The van der Waals surface area contributed by atoms with Gasteiger partial charge in [0.05, 0.1) is 6.61 Å². The van der Waals surface area contributed by atoms with Gasteiger partial charge in [-0.05, 0) is 20.3 Å². The smallest absolute Gasteiger partial charge is 0.137 e. The first-order chi connectivity index (χ1) is 8.78. The topological polar surface area (TPSA) is 50.3 Å². The Balaban J connectivity index is 3.00. The predicted molar refractivity (Wildman–Crippen MR) is 75.3 cm³/mol. The van der Waals surface area contributed by atoms with Crippen LogP contribution in [0.1, 0.15) is 26.3 Å². The molecule has 0 spiro atoms. The minimum atomic E-state index is 0.706. The Morgan fingerprint density at radius 3 is 2.61 bits per heavy atom. The second-order valence-corrected chi connectivity index (χ2v) is 3.98. The zero-order chi connectivity index (χ0) is 13.4. The van der Waals surface area contributed by atoms with Gasteiger partial charge in [0, 0.05) is 32.3 Å². The molecule has 0 aliphatic heterocycles. The Morgan fingerprint density at radius 1 is 1.28 bits per heavy atom. The number of hydrogen-bond donors (Lipinski definition) is 1. The Kier molecular flexibility index (Phi) is 6.43. The first kappa shape index (κ1) is 14.7. The highest BCUT2D eigenvalue weighted by atomic mass is 16.5. The lowest BCUT2D eigenvalue weighted by atomic mass is 10.2. The Labute approximate surface area is 110 Å². The number of aromatic nitrogens is 2. The lowest BCUT2D eigenvalue weighted by Gasteiger charge is -2.24. The van der Waals surface area contributed by atoms with Crippen LogP contribution >= 0.6 is 0 Å². The molecule has 0 aliphatic rings. The second kappa shape index (κ2) is 7.87. The highest BCUT2D eigenvalue weighted by molar-refractivity contribution is 5.58. The van der Waals surface area contributed by atoms with Gasteiger partial charge in [0.15, 0.2) is 0 Å². The van der Waals surface area contributed by atoms with Gasteiger partial charge in [0.1, 0.15) is 18.0 Å². The normalized spacial score (nSPS) is 10.4. The van der Waals surface area contributed by atoms with Gasteiger partial charge in [-0.3, -0.25) is 0 Å². The molecule has 0 aliphatic carbocycles. The van der Waals surface area contributed by atoms with Crippen molar-refractivity contribution in [1.82, 2.24) is 9.97 Å². The summed E-state index contributed by atoms with van der Waals surface area (Å²) in [5.74, 6) is 1.96. The van der Waals surface area contributed by atoms with E-state index in [4.69, 9.17) is 4.74 Å². The van der Waals surface area contributed by atoms with E-state index in [2.05, 4.69) is 41.0 Å². The molecule has 1 rings (SSSR count). The largest absolute Gasteiger partial charge is 0.383 e. The standard InChI is InChI=1S/C13H24N4O/c1-5-11-12(14-6-2)15-10-16-13(11)17(7-3)8-9-18-4/h10H,5-9H2,1-4H3,(H,14,15,16). The summed E-state index contributed by atoms with van der Waals surface area (Å²) >= 11 is 0. The molecule has 0 fully saturated rings. The number of methoxy groups -OCH3 is 1. The van der Waals surface area contributed by atoms with Gasteiger partial charge < -0.3 is 15.0 Å². The predicted octanol–water partition coefficient (Wildman–Crippen LogP) is 1.94. The van der Waals surface area contributed by atoms with Crippen LogP contribution in [0.3, 0.4) is 0 Å². The van der Waals surface area contributed by atoms with Crippen molar-refractivity contribution in [2.45, 2.75) is 27.2 Å². The van der Waals surface area contributed by atoms with E-state index >= 15 is 0 Å². The molecule has 0 saturated heterocycles. The molecule has 0 amide bonds. The van der Waals surface area contributed by atoms with Gasteiger partial charge >= 0.3 is 0 Å². The van der Waals surface area contributed by atoms with Gasteiger partial charge in [-0.15, -0.1) is 0 Å². The monoisotopic (exact) mass is 252 g/mol. The van der Waals surface area contributed by atoms with E-state index in [1.165, 1.54) is 5.56 Å². The van der Waals surface area contributed by atoms with Crippen LogP contribution < -0.4 is 10.2 Å². The van der Waals surface area contributed by atoms with Gasteiger partial charge in [-0.25, -0.2) is 9.97 Å². The van der Waals surface area contributed by atoms with E-state index in [0.717, 1.165) is 37.7 Å². The Morgan fingerprint density at radius 2 is 2.06 bits per heavy atom. The van der Waals surface area contributed by atoms with E-state index in [9.17, 15) is 0 Å². The van der Waals surface area contributed by atoms with Gasteiger partial charge in [0.2, 0.25) is 0 Å². The number of likely N-dealkylation sites (N-methyl/N-ethyl adjacent to an activating group) is 1. The maximum Gasteiger partial charge on any atom is 0.137 e. The maximum absolute atomic E-state index is 5.15. The van der Waals surface area contributed by atoms with E-state index < -0.39 is 0 Å². The van der Waals surface area contributed by atoms with Crippen molar-refractivity contribution >= 4 is 11.6 Å². The number of ether oxygens (including phenoxy) is 1. The van der Waals surface area contributed by atoms with Gasteiger partial charge in [0.25, 0.3) is 0 Å². The lowest BCUT2D eigenvalue weighted by Crippen LogP contribution is -2.29. The van der Waals surface area contributed by atoms with Crippen molar-refractivity contribution in [3.8, 4) is 0 Å². The maximum atomic E-state index is 5.15. The molecular formula is C13H24N4O. The molecule has 1 N–H and O–H groups in total. The first-order valence-electron chi connectivity index (χ1n) is 6.60. The van der Waals surface area contributed by atoms with Crippen LogP contribution in [-0.2, 0) is 11.2 Å². The highest BCUT2D eigenvalue weighted by Crippen LogP contribution is 2.23. The first-order valence-corrected chi connectivity index (χ1v) is 6.60. The SMILES string of the molecule is CCNc1ncnc(N(CC)CCOC)c1CC. The van der Waals surface area contributed by atoms with Crippen LogP contribution in [-0.4, -0.2) is 43.3 Å². The molecule has 0 aromatic carbocycles. The van der Waals surface area contributed by atoms with Crippen LogP contribution in [0.2, 0.25) is 0 Å². The molecule has 18 heavy (non-hydrogen) atoms. The lowest BCUT2D eigenvalue weighted by molar-refractivity contribution is 0.205. The minimum Gasteiger partial charge on any atom is -0.383 e. The number of hydrogen-bond acceptors (Lipinski definition) is 5. The molecule has 1 aromatic rings. The van der Waals surface area contributed by atoms with Crippen LogP contribution in [0.25, 0.3) is 0 Å². The van der Waals surface area contributed by atoms with Crippen LogP contribution in [0, 0.1) is 0 Å².